The summed E-state index contributed by atoms with van der Waals surface area (Å²) in [5, 5.41) is 3.35. The fourth-order valence-electron chi connectivity index (χ4n) is 2.09. The van der Waals surface area contributed by atoms with Gasteiger partial charge in [-0.25, -0.2) is 0 Å². The summed E-state index contributed by atoms with van der Waals surface area (Å²) in [5.74, 6) is -0.432. The quantitative estimate of drug-likeness (QED) is 0.782. The highest BCUT2D eigenvalue weighted by Crippen LogP contribution is 2.23. The van der Waals surface area contributed by atoms with Crippen LogP contribution in [0.25, 0.3) is 0 Å². The van der Waals surface area contributed by atoms with E-state index in [9.17, 15) is 9.59 Å². The van der Waals surface area contributed by atoms with Crippen molar-refractivity contribution < 1.29 is 9.59 Å². The molecule has 0 unspecified atom stereocenters. The van der Waals surface area contributed by atoms with Gasteiger partial charge in [-0.05, 0) is 37.5 Å². The Kier molecular flexibility index (Phi) is 7.23. The summed E-state index contributed by atoms with van der Waals surface area (Å²) in [5.41, 5.74) is 1.46. The predicted octanol–water partition coefficient (Wildman–Crippen LogP) is 3.63. The monoisotopic (exact) mass is 310 g/mol. The summed E-state index contributed by atoms with van der Waals surface area (Å²) >= 11 is 6.01. The van der Waals surface area contributed by atoms with Crippen molar-refractivity contribution in [1.29, 1.82) is 0 Å². The average molecular weight is 311 g/mol. The molecular weight excluding hydrogens is 288 g/mol. The molecule has 0 spiro atoms. The molecule has 116 valence electrons. The second-order valence-electron chi connectivity index (χ2n) is 5.02. The van der Waals surface area contributed by atoms with E-state index in [-0.39, 0.29) is 18.2 Å². The molecule has 1 aromatic rings. The van der Waals surface area contributed by atoms with Crippen molar-refractivity contribution >= 4 is 29.1 Å². The van der Waals surface area contributed by atoms with E-state index in [2.05, 4.69) is 5.32 Å². The lowest BCUT2D eigenvalue weighted by Gasteiger charge is -2.21. The zero-order valence-corrected chi connectivity index (χ0v) is 13.7. The van der Waals surface area contributed by atoms with Crippen LogP contribution in [0, 0.1) is 6.92 Å². The molecule has 0 saturated heterocycles. The molecule has 5 heteroatoms. The van der Waals surface area contributed by atoms with Crippen LogP contribution in [0.15, 0.2) is 18.2 Å². The van der Waals surface area contributed by atoms with Crippen LogP contribution in [-0.4, -0.2) is 29.8 Å². The van der Waals surface area contributed by atoms with Crippen molar-refractivity contribution in [3.63, 3.8) is 0 Å². The highest BCUT2D eigenvalue weighted by molar-refractivity contribution is 6.31. The number of halogens is 1. The first kappa shape index (κ1) is 17.5. The number of nitrogens with zero attached hydrogens (tertiary/aromatic N) is 1. The van der Waals surface area contributed by atoms with Gasteiger partial charge in [0.05, 0.1) is 0 Å². The zero-order valence-electron chi connectivity index (χ0n) is 12.9. The van der Waals surface area contributed by atoms with Gasteiger partial charge in [0.2, 0.25) is 11.8 Å². The van der Waals surface area contributed by atoms with Crippen molar-refractivity contribution in [3.8, 4) is 0 Å². The minimum Gasteiger partial charge on any atom is -0.342 e. The average Bonchev–Trinajstić information content (AvgIpc) is 2.43. The van der Waals surface area contributed by atoms with E-state index in [1.807, 2.05) is 20.8 Å². The van der Waals surface area contributed by atoms with Crippen LogP contribution < -0.4 is 5.32 Å². The summed E-state index contributed by atoms with van der Waals surface area (Å²) in [6.45, 7) is 7.25. The van der Waals surface area contributed by atoms with Gasteiger partial charge in [-0.15, -0.1) is 0 Å². The van der Waals surface area contributed by atoms with Gasteiger partial charge in [0.15, 0.2) is 0 Å². The topological polar surface area (TPSA) is 49.4 Å². The summed E-state index contributed by atoms with van der Waals surface area (Å²) in [4.78, 5) is 25.9. The number of hydrogen-bond acceptors (Lipinski definition) is 2. The Balaban J connectivity index is 2.64. The largest absolute Gasteiger partial charge is 0.342 e. The third-order valence-electron chi connectivity index (χ3n) is 3.19. The fourth-order valence-corrected chi connectivity index (χ4v) is 2.26. The van der Waals surface area contributed by atoms with Gasteiger partial charge in [-0.3, -0.25) is 9.59 Å². The Morgan fingerprint density at radius 1 is 1.19 bits per heavy atom. The smallest absolute Gasteiger partial charge is 0.233 e. The van der Waals surface area contributed by atoms with Crippen LogP contribution in [0.5, 0.6) is 0 Å². The van der Waals surface area contributed by atoms with E-state index in [1.54, 1.807) is 23.1 Å². The summed E-state index contributed by atoms with van der Waals surface area (Å²) < 4.78 is 0. The number of carbonyl (C=O) groups excluding carboxylic acids is 2. The molecule has 0 heterocycles. The van der Waals surface area contributed by atoms with Gasteiger partial charge in [-0.2, -0.15) is 0 Å². The van der Waals surface area contributed by atoms with Crippen LogP contribution in [0.2, 0.25) is 5.02 Å². The Hall–Kier alpha value is -1.55. The van der Waals surface area contributed by atoms with Gasteiger partial charge in [0.25, 0.3) is 0 Å². The van der Waals surface area contributed by atoms with Crippen molar-refractivity contribution in [2.45, 2.75) is 40.0 Å². The van der Waals surface area contributed by atoms with Crippen molar-refractivity contribution in [3.05, 3.63) is 28.8 Å². The van der Waals surface area contributed by atoms with Crippen molar-refractivity contribution in [2.24, 2.45) is 0 Å². The summed E-state index contributed by atoms with van der Waals surface area (Å²) in [6, 6.07) is 5.31. The lowest BCUT2D eigenvalue weighted by atomic mass is 10.2. The van der Waals surface area contributed by atoms with E-state index < -0.39 is 0 Å². The lowest BCUT2D eigenvalue weighted by Crippen LogP contribution is -2.35. The number of hydrogen-bond donors (Lipinski definition) is 1. The number of benzene rings is 1. The van der Waals surface area contributed by atoms with E-state index in [0.717, 1.165) is 18.4 Å². The van der Waals surface area contributed by atoms with Crippen molar-refractivity contribution in [1.82, 2.24) is 4.90 Å². The van der Waals surface area contributed by atoms with Gasteiger partial charge in [0.1, 0.15) is 6.42 Å². The molecule has 1 N–H and O–H groups in total. The molecule has 1 aromatic carbocycles. The van der Waals surface area contributed by atoms with E-state index in [0.29, 0.717) is 23.8 Å². The Labute approximate surface area is 131 Å². The molecule has 0 aromatic heterocycles. The molecule has 0 fully saturated rings. The Morgan fingerprint density at radius 3 is 2.38 bits per heavy atom. The molecule has 0 bridgehead atoms. The Bertz CT molecular complexity index is 497. The number of anilines is 1. The van der Waals surface area contributed by atoms with Crippen LogP contribution in [-0.2, 0) is 9.59 Å². The summed E-state index contributed by atoms with van der Waals surface area (Å²) in [6.07, 6.45) is 1.65. The zero-order chi connectivity index (χ0) is 15.8. The highest BCUT2D eigenvalue weighted by atomic mass is 35.5. The maximum absolute atomic E-state index is 12.1. The minimum atomic E-state index is -0.303. The normalized spacial score (nSPS) is 10.3. The van der Waals surface area contributed by atoms with E-state index in [4.69, 9.17) is 11.6 Å². The molecule has 4 nitrogen and oxygen atoms in total. The second kappa shape index (κ2) is 8.67. The maximum atomic E-state index is 12.1. The molecule has 0 aliphatic rings. The van der Waals surface area contributed by atoms with E-state index >= 15 is 0 Å². The molecule has 0 aliphatic heterocycles. The first-order chi connectivity index (χ1) is 9.99. The predicted molar refractivity (Wildman–Crippen MR) is 86.6 cm³/mol. The van der Waals surface area contributed by atoms with Gasteiger partial charge in [0, 0.05) is 23.8 Å². The summed E-state index contributed by atoms with van der Waals surface area (Å²) in [7, 11) is 0. The maximum Gasteiger partial charge on any atom is 0.233 e. The number of amides is 2. The Morgan fingerprint density at radius 2 is 1.81 bits per heavy atom. The van der Waals surface area contributed by atoms with Crippen LogP contribution in [0.1, 0.15) is 38.7 Å². The SMILES string of the molecule is CCCN(CCC)C(=O)CC(=O)Nc1cccc(Cl)c1C. The highest BCUT2D eigenvalue weighted by Gasteiger charge is 2.16. The fraction of sp³-hybridized carbons (Fsp3) is 0.500. The molecule has 2 amide bonds. The molecule has 0 radical (unpaired) electrons. The van der Waals surface area contributed by atoms with Crippen LogP contribution in [0.3, 0.4) is 0 Å². The molecule has 0 saturated carbocycles. The molecule has 0 aliphatic carbocycles. The minimum absolute atomic E-state index is 0.129. The third kappa shape index (κ3) is 5.38. The molecule has 21 heavy (non-hydrogen) atoms. The first-order valence-electron chi connectivity index (χ1n) is 7.32. The lowest BCUT2D eigenvalue weighted by molar-refractivity contribution is -0.134. The number of carbonyl (C=O) groups is 2. The standard InChI is InChI=1S/C16H23ClN2O2/c1-4-9-19(10-5-2)16(21)11-15(20)18-14-8-6-7-13(17)12(14)3/h6-8H,4-5,9-11H2,1-3H3,(H,18,20). The van der Waals surface area contributed by atoms with Gasteiger partial charge >= 0.3 is 0 Å². The molecule has 0 atom stereocenters. The van der Waals surface area contributed by atoms with E-state index in [1.165, 1.54) is 0 Å². The first-order valence-corrected chi connectivity index (χ1v) is 7.70. The van der Waals surface area contributed by atoms with Gasteiger partial charge in [-0.1, -0.05) is 31.5 Å². The number of nitrogens with one attached hydrogen (secondary N) is 1. The van der Waals surface area contributed by atoms with Crippen LogP contribution in [0.4, 0.5) is 5.69 Å². The molecule has 1 rings (SSSR count). The number of rotatable bonds is 7. The van der Waals surface area contributed by atoms with Crippen LogP contribution >= 0.6 is 11.6 Å². The third-order valence-corrected chi connectivity index (χ3v) is 3.60. The van der Waals surface area contributed by atoms with Crippen molar-refractivity contribution in [2.75, 3.05) is 18.4 Å². The van der Waals surface area contributed by atoms with Gasteiger partial charge < -0.3 is 10.2 Å². The molecular formula is C16H23ClN2O2. The second-order valence-corrected chi connectivity index (χ2v) is 5.43.